The Morgan fingerprint density at radius 1 is 1.42 bits per heavy atom. The molecule has 0 aliphatic rings. The molecule has 0 fully saturated rings. The Labute approximate surface area is 108 Å². The second kappa shape index (κ2) is 5.17. The SMILES string of the molecule is Nc1ccc2nc(S(=O)CCOC(F)(F)F)oc2c1. The Morgan fingerprint density at radius 2 is 2.16 bits per heavy atom. The fourth-order valence-electron chi connectivity index (χ4n) is 1.34. The van der Waals surface area contributed by atoms with E-state index in [0.717, 1.165) is 0 Å². The van der Waals surface area contributed by atoms with Crippen LogP contribution in [-0.2, 0) is 15.5 Å². The van der Waals surface area contributed by atoms with Crippen molar-refractivity contribution in [2.75, 3.05) is 18.1 Å². The van der Waals surface area contributed by atoms with E-state index < -0.39 is 23.8 Å². The zero-order valence-corrected chi connectivity index (χ0v) is 10.3. The first-order valence-electron chi connectivity index (χ1n) is 5.10. The molecule has 0 bridgehead atoms. The topological polar surface area (TPSA) is 78.3 Å². The van der Waals surface area contributed by atoms with E-state index in [-0.39, 0.29) is 11.0 Å². The van der Waals surface area contributed by atoms with Crippen LogP contribution in [0.2, 0.25) is 0 Å². The second-order valence-corrected chi connectivity index (χ2v) is 5.00. The van der Waals surface area contributed by atoms with Crippen LogP contribution < -0.4 is 5.73 Å². The summed E-state index contributed by atoms with van der Waals surface area (Å²) in [6.45, 7) is -0.725. The number of fused-ring (bicyclic) bond motifs is 1. The quantitative estimate of drug-likeness (QED) is 0.873. The molecule has 19 heavy (non-hydrogen) atoms. The van der Waals surface area contributed by atoms with E-state index in [1.54, 1.807) is 12.1 Å². The molecule has 0 aliphatic carbocycles. The summed E-state index contributed by atoms with van der Waals surface area (Å²) >= 11 is 0. The standard InChI is InChI=1S/C10H9F3N2O3S/c11-10(12,13)17-3-4-19(16)9-15-7-2-1-6(14)5-8(7)18-9/h1-2,5H,3-4,14H2. The number of alkyl halides is 3. The van der Waals surface area contributed by atoms with Gasteiger partial charge < -0.3 is 10.2 Å². The molecule has 1 aromatic carbocycles. The highest BCUT2D eigenvalue weighted by Gasteiger charge is 2.29. The van der Waals surface area contributed by atoms with Crippen LogP contribution in [0.25, 0.3) is 11.1 Å². The van der Waals surface area contributed by atoms with Gasteiger partial charge in [0.25, 0.3) is 5.22 Å². The molecule has 1 aromatic heterocycles. The first kappa shape index (κ1) is 13.8. The van der Waals surface area contributed by atoms with Gasteiger partial charge in [-0.05, 0) is 12.1 Å². The van der Waals surface area contributed by atoms with Crippen LogP contribution >= 0.6 is 0 Å². The number of nitrogens with zero attached hydrogens (tertiary/aromatic N) is 1. The van der Waals surface area contributed by atoms with E-state index in [4.69, 9.17) is 10.2 Å². The van der Waals surface area contributed by atoms with Crippen LogP contribution in [0.3, 0.4) is 0 Å². The van der Waals surface area contributed by atoms with Crippen LogP contribution in [0.5, 0.6) is 0 Å². The Kier molecular flexibility index (Phi) is 3.76. The van der Waals surface area contributed by atoms with Crippen molar-refractivity contribution in [1.29, 1.82) is 0 Å². The lowest BCUT2D eigenvalue weighted by molar-refractivity contribution is -0.322. The number of halogens is 3. The molecule has 0 spiro atoms. The third-order valence-electron chi connectivity index (χ3n) is 2.12. The second-order valence-electron chi connectivity index (χ2n) is 3.55. The fraction of sp³-hybridized carbons (Fsp3) is 0.300. The summed E-state index contributed by atoms with van der Waals surface area (Å²) in [6, 6.07) is 4.65. The molecule has 1 heterocycles. The first-order valence-corrected chi connectivity index (χ1v) is 6.42. The molecule has 1 atom stereocenters. The summed E-state index contributed by atoms with van der Waals surface area (Å²) in [4.78, 5) is 3.91. The van der Waals surface area contributed by atoms with Crippen LogP contribution in [0.4, 0.5) is 18.9 Å². The third-order valence-corrected chi connectivity index (χ3v) is 3.22. The maximum Gasteiger partial charge on any atom is 0.522 e. The van der Waals surface area contributed by atoms with Gasteiger partial charge in [-0.15, -0.1) is 13.2 Å². The number of rotatable bonds is 4. The molecule has 0 amide bonds. The van der Waals surface area contributed by atoms with Crippen molar-refractivity contribution in [2.24, 2.45) is 0 Å². The maximum absolute atomic E-state index is 11.7. The van der Waals surface area contributed by atoms with Gasteiger partial charge in [0.15, 0.2) is 5.58 Å². The van der Waals surface area contributed by atoms with Crippen molar-refractivity contribution < 1.29 is 26.5 Å². The minimum Gasteiger partial charge on any atom is -0.430 e. The molecular formula is C10H9F3N2O3S. The molecule has 0 saturated heterocycles. The predicted octanol–water partition coefficient (Wildman–Crippen LogP) is 2.05. The summed E-state index contributed by atoms with van der Waals surface area (Å²) in [5.74, 6) is -0.359. The minimum atomic E-state index is -4.74. The monoisotopic (exact) mass is 294 g/mol. The van der Waals surface area contributed by atoms with E-state index in [9.17, 15) is 17.4 Å². The highest BCUT2D eigenvalue weighted by Crippen LogP contribution is 2.21. The van der Waals surface area contributed by atoms with Crippen molar-refractivity contribution in [3.05, 3.63) is 18.2 Å². The molecule has 9 heteroatoms. The molecular weight excluding hydrogens is 285 g/mol. The Morgan fingerprint density at radius 3 is 2.84 bits per heavy atom. The highest BCUT2D eigenvalue weighted by atomic mass is 32.2. The lowest BCUT2D eigenvalue weighted by atomic mass is 10.3. The predicted molar refractivity (Wildman–Crippen MR) is 61.7 cm³/mol. The molecule has 104 valence electrons. The summed E-state index contributed by atoms with van der Waals surface area (Å²) in [6.07, 6.45) is -4.74. The van der Waals surface area contributed by atoms with Gasteiger partial charge in [-0.3, -0.25) is 4.74 Å². The van der Waals surface area contributed by atoms with Gasteiger partial charge in [0.05, 0.1) is 12.4 Å². The van der Waals surface area contributed by atoms with Crippen LogP contribution in [0, 0.1) is 0 Å². The number of hydrogen-bond donors (Lipinski definition) is 1. The van der Waals surface area contributed by atoms with E-state index in [1.165, 1.54) is 6.07 Å². The largest absolute Gasteiger partial charge is 0.522 e. The zero-order valence-electron chi connectivity index (χ0n) is 9.44. The van der Waals surface area contributed by atoms with Gasteiger partial charge in [-0.1, -0.05) is 0 Å². The maximum atomic E-state index is 11.7. The molecule has 2 rings (SSSR count). The van der Waals surface area contributed by atoms with Crippen molar-refractivity contribution in [2.45, 2.75) is 11.6 Å². The first-order chi connectivity index (χ1) is 8.85. The van der Waals surface area contributed by atoms with Gasteiger partial charge in [0, 0.05) is 11.8 Å². The van der Waals surface area contributed by atoms with Gasteiger partial charge in [-0.25, -0.2) is 9.19 Å². The van der Waals surface area contributed by atoms with Gasteiger partial charge in [-0.2, -0.15) is 0 Å². The number of ether oxygens (including phenoxy) is 1. The van der Waals surface area contributed by atoms with E-state index in [0.29, 0.717) is 16.8 Å². The minimum absolute atomic E-state index is 0.147. The Bertz CT molecular complexity index is 612. The highest BCUT2D eigenvalue weighted by molar-refractivity contribution is 7.84. The van der Waals surface area contributed by atoms with Crippen molar-refractivity contribution >= 4 is 27.6 Å². The number of aromatic nitrogens is 1. The molecule has 2 aromatic rings. The van der Waals surface area contributed by atoms with Crippen molar-refractivity contribution in [1.82, 2.24) is 4.98 Å². The van der Waals surface area contributed by atoms with Gasteiger partial charge >= 0.3 is 6.36 Å². The molecule has 2 N–H and O–H groups in total. The number of benzene rings is 1. The smallest absolute Gasteiger partial charge is 0.430 e. The average Bonchev–Trinajstić information content (AvgIpc) is 2.70. The van der Waals surface area contributed by atoms with Gasteiger partial charge in [0.1, 0.15) is 16.3 Å². The number of hydrogen-bond acceptors (Lipinski definition) is 5. The van der Waals surface area contributed by atoms with E-state index in [2.05, 4.69) is 9.72 Å². The van der Waals surface area contributed by atoms with E-state index in [1.807, 2.05) is 0 Å². The van der Waals surface area contributed by atoms with Crippen LogP contribution in [0.1, 0.15) is 0 Å². The lowest BCUT2D eigenvalue weighted by Crippen LogP contribution is -2.17. The number of oxazole rings is 1. The zero-order chi connectivity index (χ0) is 14.0. The van der Waals surface area contributed by atoms with Crippen molar-refractivity contribution in [3.63, 3.8) is 0 Å². The molecule has 5 nitrogen and oxygen atoms in total. The fourth-order valence-corrected chi connectivity index (χ4v) is 2.13. The summed E-state index contributed by atoms with van der Waals surface area (Å²) in [7, 11) is -1.80. The molecule has 1 unspecified atom stereocenters. The summed E-state index contributed by atoms with van der Waals surface area (Å²) in [5.41, 5.74) is 6.75. The Balaban J connectivity index is 2.05. The van der Waals surface area contributed by atoms with E-state index >= 15 is 0 Å². The summed E-state index contributed by atoms with van der Waals surface area (Å²) in [5, 5.41) is -0.147. The lowest BCUT2D eigenvalue weighted by Gasteiger charge is -2.05. The number of anilines is 1. The molecule has 0 saturated carbocycles. The Hall–Kier alpha value is -1.61. The van der Waals surface area contributed by atoms with Gasteiger partial charge in [0.2, 0.25) is 0 Å². The molecule has 0 radical (unpaired) electrons. The normalized spacial score (nSPS) is 13.8. The van der Waals surface area contributed by atoms with Crippen LogP contribution in [-0.4, -0.2) is 27.9 Å². The summed E-state index contributed by atoms with van der Waals surface area (Å²) < 4.78 is 55.6. The molecule has 0 aliphatic heterocycles. The number of nitrogens with two attached hydrogens (primary N) is 1. The van der Waals surface area contributed by atoms with Crippen LogP contribution in [0.15, 0.2) is 27.8 Å². The third kappa shape index (κ3) is 3.67. The number of nitrogen functional groups attached to an aromatic ring is 1. The van der Waals surface area contributed by atoms with Crippen molar-refractivity contribution in [3.8, 4) is 0 Å². The average molecular weight is 294 g/mol.